The van der Waals surface area contributed by atoms with Gasteiger partial charge in [-0.05, 0) is 84.8 Å². The topological polar surface area (TPSA) is 66.9 Å². The second kappa shape index (κ2) is 9.57. The second-order valence-electron chi connectivity index (χ2n) is 8.21. The molecule has 33 heavy (non-hydrogen) atoms. The third-order valence-corrected chi connectivity index (χ3v) is 8.96. The van der Waals surface area contributed by atoms with Crippen molar-refractivity contribution in [1.82, 2.24) is 4.90 Å². The number of benzene rings is 2. The summed E-state index contributed by atoms with van der Waals surface area (Å²) in [6, 6.07) is 14.1. The summed E-state index contributed by atoms with van der Waals surface area (Å²) in [4.78, 5) is 16.4. The van der Waals surface area contributed by atoms with E-state index < -0.39 is 10.0 Å². The number of thiophene rings is 1. The van der Waals surface area contributed by atoms with Gasteiger partial charge in [0.15, 0.2) is 0 Å². The normalized spacial score (nSPS) is 13.5. The molecule has 2 heterocycles. The van der Waals surface area contributed by atoms with E-state index >= 15 is 0 Å². The molecule has 1 amide bonds. The maximum atomic E-state index is 13.6. The highest BCUT2D eigenvalue weighted by Gasteiger charge is 2.28. The Labute approximate surface area is 199 Å². The molecule has 6 nitrogen and oxygen atoms in total. The highest BCUT2D eigenvalue weighted by molar-refractivity contribution is 7.92. The van der Waals surface area contributed by atoms with Crippen molar-refractivity contribution in [2.24, 2.45) is 0 Å². The van der Waals surface area contributed by atoms with Crippen LogP contribution in [0.2, 0.25) is 0 Å². The van der Waals surface area contributed by atoms with E-state index in [9.17, 15) is 13.2 Å². The number of carbonyl (C=O) groups is 1. The van der Waals surface area contributed by atoms with Gasteiger partial charge in [-0.15, -0.1) is 11.3 Å². The summed E-state index contributed by atoms with van der Waals surface area (Å²) >= 11 is 1.72. The Morgan fingerprint density at radius 1 is 1.09 bits per heavy atom. The number of nitrogens with zero attached hydrogens (tertiary/aromatic N) is 2. The molecule has 1 aromatic heterocycles. The molecule has 1 aliphatic rings. The molecule has 0 aliphatic carbocycles. The molecule has 1 aliphatic heterocycles. The molecular weight excluding hydrogens is 456 g/mol. The minimum atomic E-state index is -3.86. The Morgan fingerprint density at radius 3 is 2.55 bits per heavy atom. The lowest BCUT2D eigenvalue weighted by atomic mass is 10.1. The third-order valence-electron chi connectivity index (χ3n) is 6.12. The van der Waals surface area contributed by atoms with Crippen LogP contribution in [-0.2, 0) is 27.8 Å². The summed E-state index contributed by atoms with van der Waals surface area (Å²) in [5.74, 6) is 0.596. The Hall–Kier alpha value is -2.84. The van der Waals surface area contributed by atoms with Gasteiger partial charge < -0.3 is 9.64 Å². The quantitative estimate of drug-likeness (QED) is 0.494. The van der Waals surface area contributed by atoms with Crippen LogP contribution in [0.1, 0.15) is 28.0 Å². The van der Waals surface area contributed by atoms with Crippen LogP contribution in [0.3, 0.4) is 0 Å². The fourth-order valence-corrected chi connectivity index (χ4v) is 6.40. The first kappa shape index (κ1) is 23.3. The molecule has 174 valence electrons. The molecule has 8 heteroatoms. The Bertz CT molecular complexity index is 1250. The van der Waals surface area contributed by atoms with Gasteiger partial charge in [-0.25, -0.2) is 8.42 Å². The van der Waals surface area contributed by atoms with Crippen molar-refractivity contribution in [2.45, 2.75) is 38.1 Å². The minimum Gasteiger partial charge on any atom is -0.497 e. The van der Waals surface area contributed by atoms with E-state index in [0.29, 0.717) is 24.5 Å². The average molecular weight is 485 g/mol. The number of amides is 1. The van der Waals surface area contributed by atoms with Crippen LogP contribution in [-0.4, -0.2) is 39.4 Å². The standard InChI is InChI=1S/C25H28N2O4S2/c1-18-4-9-23(16-19(18)2)33(29,30)27(21-5-7-22(31-3)8-6-21)14-11-25(28)26-13-10-24-20(17-26)12-15-32-24/h4-9,12,15-16H,10-11,13-14,17H2,1-3H3. The molecule has 0 unspecified atom stereocenters. The molecule has 0 radical (unpaired) electrons. The van der Waals surface area contributed by atoms with E-state index in [-0.39, 0.29) is 23.8 Å². The van der Waals surface area contributed by atoms with Crippen LogP contribution in [0.25, 0.3) is 0 Å². The van der Waals surface area contributed by atoms with E-state index in [0.717, 1.165) is 17.5 Å². The van der Waals surface area contributed by atoms with E-state index in [1.54, 1.807) is 54.8 Å². The first-order valence-corrected chi connectivity index (χ1v) is 13.2. The molecule has 4 rings (SSSR count). The molecule has 0 saturated heterocycles. The SMILES string of the molecule is COc1ccc(N(CCC(=O)N2CCc3sccc3C2)S(=O)(=O)c2ccc(C)c(C)c2)cc1. The van der Waals surface area contributed by atoms with Crippen LogP contribution in [0.4, 0.5) is 5.69 Å². The smallest absolute Gasteiger partial charge is 0.264 e. The predicted octanol–water partition coefficient (Wildman–Crippen LogP) is 4.54. The maximum absolute atomic E-state index is 13.6. The van der Waals surface area contributed by atoms with Gasteiger partial charge in [-0.3, -0.25) is 9.10 Å². The number of anilines is 1. The molecule has 0 N–H and O–H groups in total. The van der Waals surface area contributed by atoms with Gasteiger partial charge in [0, 0.05) is 30.9 Å². The summed E-state index contributed by atoms with van der Waals surface area (Å²) < 4.78 is 33.8. The number of hydrogen-bond acceptors (Lipinski definition) is 5. The minimum absolute atomic E-state index is 0.0411. The summed E-state index contributed by atoms with van der Waals surface area (Å²) in [6.45, 7) is 5.16. The number of ether oxygens (including phenoxy) is 1. The summed E-state index contributed by atoms with van der Waals surface area (Å²) in [5, 5.41) is 2.06. The summed E-state index contributed by atoms with van der Waals surface area (Å²) in [5.41, 5.74) is 3.62. The van der Waals surface area contributed by atoms with Crippen LogP contribution >= 0.6 is 11.3 Å². The lowest BCUT2D eigenvalue weighted by molar-refractivity contribution is -0.131. The highest BCUT2D eigenvalue weighted by atomic mass is 32.2. The summed E-state index contributed by atoms with van der Waals surface area (Å²) in [6.07, 6.45) is 0.956. The number of sulfonamides is 1. The number of carbonyl (C=O) groups excluding carboxylic acids is 1. The van der Waals surface area contributed by atoms with Crippen molar-refractivity contribution in [3.05, 3.63) is 75.5 Å². The zero-order chi connectivity index (χ0) is 23.6. The lowest BCUT2D eigenvalue weighted by Crippen LogP contribution is -2.39. The van der Waals surface area contributed by atoms with Gasteiger partial charge >= 0.3 is 0 Å². The number of fused-ring (bicyclic) bond motifs is 1. The fourth-order valence-electron chi connectivity index (χ4n) is 3.95. The predicted molar refractivity (Wildman–Crippen MR) is 131 cm³/mol. The Balaban J connectivity index is 1.58. The second-order valence-corrected chi connectivity index (χ2v) is 11.1. The van der Waals surface area contributed by atoms with Crippen LogP contribution in [0.5, 0.6) is 5.75 Å². The number of aryl methyl sites for hydroxylation is 2. The average Bonchev–Trinajstić information content (AvgIpc) is 3.29. The van der Waals surface area contributed by atoms with E-state index in [2.05, 4.69) is 11.4 Å². The van der Waals surface area contributed by atoms with Crippen molar-refractivity contribution < 1.29 is 17.9 Å². The largest absolute Gasteiger partial charge is 0.497 e. The van der Waals surface area contributed by atoms with Crippen molar-refractivity contribution in [3.63, 3.8) is 0 Å². The van der Waals surface area contributed by atoms with Gasteiger partial charge in [0.2, 0.25) is 5.91 Å². The van der Waals surface area contributed by atoms with Gasteiger partial charge in [0.05, 0.1) is 17.7 Å². The third kappa shape index (κ3) is 4.91. The molecule has 2 aromatic carbocycles. The van der Waals surface area contributed by atoms with Crippen molar-refractivity contribution in [1.29, 1.82) is 0 Å². The van der Waals surface area contributed by atoms with Crippen molar-refractivity contribution >= 4 is 33.0 Å². The van der Waals surface area contributed by atoms with Gasteiger partial charge in [0.25, 0.3) is 10.0 Å². The molecule has 0 saturated carbocycles. The lowest BCUT2D eigenvalue weighted by Gasteiger charge is -2.29. The molecule has 0 bridgehead atoms. The van der Waals surface area contributed by atoms with Crippen LogP contribution < -0.4 is 9.04 Å². The zero-order valence-electron chi connectivity index (χ0n) is 19.1. The van der Waals surface area contributed by atoms with Crippen molar-refractivity contribution in [2.75, 3.05) is 24.5 Å². The molecule has 0 spiro atoms. The summed E-state index contributed by atoms with van der Waals surface area (Å²) in [7, 11) is -2.29. The van der Waals surface area contributed by atoms with Crippen molar-refractivity contribution in [3.8, 4) is 5.75 Å². The van der Waals surface area contributed by atoms with Gasteiger partial charge in [-0.1, -0.05) is 6.07 Å². The molecular formula is C25H28N2O4S2. The zero-order valence-corrected chi connectivity index (χ0v) is 20.7. The highest BCUT2D eigenvalue weighted by Crippen LogP contribution is 2.28. The van der Waals surface area contributed by atoms with Crippen LogP contribution in [0.15, 0.2) is 58.8 Å². The number of rotatable bonds is 7. The van der Waals surface area contributed by atoms with Crippen LogP contribution in [0, 0.1) is 13.8 Å². The van der Waals surface area contributed by atoms with E-state index in [1.165, 1.54) is 14.7 Å². The fraction of sp³-hybridized carbons (Fsp3) is 0.320. The first-order valence-electron chi connectivity index (χ1n) is 10.9. The van der Waals surface area contributed by atoms with E-state index in [1.807, 2.05) is 24.8 Å². The van der Waals surface area contributed by atoms with E-state index in [4.69, 9.17) is 4.74 Å². The monoisotopic (exact) mass is 484 g/mol. The molecule has 0 atom stereocenters. The van der Waals surface area contributed by atoms with Gasteiger partial charge in [-0.2, -0.15) is 0 Å². The Morgan fingerprint density at radius 2 is 1.85 bits per heavy atom. The number of methoxy groups -OCH3 is 1. The maximum Gasteiger partial charge on any atom is 0.264 e. The first-order chi connectivity index (χ1) is 15.8. The molecule has 3 aromatic rings. The van der Waals surface area contributed by atoms with Gasteiger partial charge in [0.1, 0.15) is 5.75 Å². The number of hydrogen-bond donors (Lipinski definition) is 0. The molecule has 0 fully saturated rings. The Kier molecular flexibility index (Phi) is 6.76.